The zero-order valence-electron chi connectivity index (χ0n) is 11.2. The van der Waals surface area contributed by atoms with Gasteiger partial charge in [0.2, 0.25) is 0 Å². The minimum atomic E-state index is 0.247. The summed E-state index contributed by atoms with van der Waals surface area (Å²) in [5.74, 6) is 0. The summed E-state index contributed by atoms with van der Waals surface area (Å²) >= 11 is 0. The van der Waals surface area contributed by atoms with Gasteiger partial charge in [-0.2, -0.15) is 5.26 Å². The minimum absolute atomic E-state index is 0.247. The van der Waals surface area contributed by atoms with E-state index in [0.717, 1.165) is 26.2 Å². The molecule has 1 atom stereocenters. The van der Waals surface area contributed by atoms with Crippen molar-refractivity contribution in [1.29, 1.82) is 5.26 Å². The van der Waals surface area contributed by atoms with E-state index < -0.39 is 0 Å². The average molecular weight is 243 g/mol. The third kappa shape index (κ3) is 2.72. The monoisotopic (exact) mass is 243 g/mol. The first kappa shape index (κ1) is 13.1. The maximum absolute atomic E-state index is 9.10. The van der Waals surface area contributed by atoms with Crippen LogP contribution in [0.2, 0.25) is 0 Å². The number of hydrogen-bond donors (Lipinski definition) is 1. The molecule has 0 radical (unpaired) electrons. The molecule has 1 heterocycles. The van der Waals surface area contributed by atoms with Gasteiger partial charge in [0.1, 0.15) is 0 Å². The van der Waals surface area contributed by atoms with E-state index in [1.54, 1.807) is 0 Å². The summed E-state index contributed by atoms with van der Waals surface area (Å²) in [5.41, 5.74) is 3.96. The summed E-state index contributed by atoms with van der Waals surface area (Å²) in [4.78, 5) is 2.43. The van der Waals surface area contributed by atoms with Crippen molar-refractivity contribution in [2.24, 2.45) is 0 Å². The van der Waals surface area contributed by atoms with Crippen LogP contribution in [0.1, 0.15) is 29.2 Å². The van der Waals surface area contributed by atoms with Crippen LogP contribution in [0.4, 0.5) is 0 Å². The molecule has 1 aliphatic heterocycles. The molecule has 1 aliphatic rings. The Labute approximate surface area is 109 Å². The van der Waals surface area contributed by atoms with Crippen LogP contribution in [0.3, 0.4) is 0 Å². The lowest BCUT2D eigenvalue weighted by atomic mass is 9.94. The Bertz CT molecular complexity index is 442. The lowest BCUT2D eigenvalue weighted by Crippen LogP contribution is -2.45. The predicted molar refractivity (Wildman–Crippen MR) is 73.3 cm³/mol. The molecule has 0 bridgehead atoms. The van der Waals surface area contributed by atoms with E-state index in [4.69, 9.17) is 5.26 Å². The van der Waals surface area contributed by atoms with Crippen LogP contribution >= 0.6 is 0 Å². The second-order valence-corrected chi connectivity index (χ2v) is 4.95. The third-order valence-corrected chi connectivity index (χ3v) is 3.88. The van der Waals surface area contributed by atoms with Crippen molar-refractivity contribution in [3.05, 3.63) is 34.9 Å². The second-order valence-electron chi connectivity index (χ2n) is 4.95. The highest BCUT2D eigenvalue weighted by atomic mass is 15.2. The molecule has 1 aromatic rings. The van der Waals surface area contributed by atoms with E-state index in [1.807, 2.05) is 0 Å². The molecule has 96 valence electrons. The van der Waals surface area contributed by atoms with Gasteiger partial charge in [0.15, 0.2) is 0 Å². The van der Waals surface area contributed by atoms with E-state index in [-0.39, 0.29) is 6.04 Å². The summed E-state index contributed by atoms with van der Waals surface area (Å²) in [5, 5.41) is 12.5. The molecule has 1 fully saturated rings. The molecule has 0 unspecified atom stereocenters. The summed E-state index contributed by atoms with van der Waals surface area (Å²) in [7, 11) is 0. The van der Waals surface area contributed by atoms with Gasteiger partial charge >= 0.3 is 0 Å². The van der Waals surface area contributed by atoms with Crippen molar-refractivity contribution in [2.75, 3.05) is 26.2 Å². The van der Waals surface area contributed by atoms with Crippen LogP contribution in [-0.2, 0) is 0 Å². The Kier molecular flexibility index (Phi) is 4.35. The van der Waals surface area contributed by atoms with Crippen molar-refractivity contribution < 1.29 is 0 Å². The highest BCUT2D eigenvalue weighted by Crippen LogP contribution is 2.28. The first-order valence-corrected chi connectivity index (χ1v) is 6.62. The van der Waals surface area contributed by atoms with E-state index >= 15 is 0 Å². The predicted octanol–water partition coefficient (Wildman–Crippen LogP) is 2.16. The number of nitriles is 1. The van der Waals surface area contributed by atoms with Crippen LogP contribution < -0.4 is 5.32 Å². The highest BCUT2D eigenvalue weighted by Gasteiger charge is 2.23. The third-order valence-electron chi connectivity index (χ3n) is 3.88. The zero-order chi connectivity index (χ0) is 13.0. The summed E-state index contributed by atoms with van der Waals surface area (Å²) in [6.45, 7) is 8.40. The fourth-order valence-corrected chi connectivity index (χ4v) is 2.65. The fraction of sp³-hybridized carbons (Fsp3) is 0.533. The molecule has 3 nitrogen and oxygen atoms in total. The number of nitrogens with one attached hydrogen (secondary N) is 1. The van der Waals surface area contributed by atoms with Crippen molar-refractivity contribution in [1.82, 2.24) is 10.2 Å². The topological polar surface area (TPSA) is 39.1 Å². The Balaban J connectivity index is 2.28. The number of nitrogens with zero attached hydrogens (tertiary/aromatic N) is 2. The van der Waals surface area contributed by atoms with Gasteiger partial charge in [-0.15, -0.1) is 0 Å². The smallest absolute Gasteiger partial charge is 0.0641 e. The number of piperazine rings is 1. The van der Waals surface area contributed by atoms with Crippen molar-refractivity contribution in [2.45, 2.75) is 26.3 Å². The first-order chi connectivity index (χ1) is 8.74. The number of rotatable bonds is 3. The van der Waals surface area contributed by atoms with E-state index in [2.05, 4.69) is 48.3 Å². The second kappa shape index (κ2) is 5.99. The van der Waals surface area contributed by atoms with Crippen molar-refractivity contribution >= 4 is 0 Å². The van der Waals surface area contributed by atoms with Crippen LogP contribution in [0, 0.1) is 25.2 Å². The van der Waals surface area contributed by atoms with Gasteiger partial charge in [0, 0.05) is 32.2 Å². The Morgan fingerprint density at radius 2 is 2.06 bits per heavy atom. The van der Waals surface area contributed by atoms with Gasteiger partial charge in [-0.05, 0) is 30.5 Å². The fourth-order valence-electron chi connectivity index (χ4n) is 2.65. The van der Waals surface area contributed by atoms with E-state index in [0.29, 0.717) is 6.42 Å². The molecular weight excluding hydrogens is 222 g/mol. The molecule has 3 heteroatoms. The molecule has 1 aromatic carbocycles. The summed E-state index contributed by atoms with van der Waals surface area (Å²) in [6, 6.07) is 9.01. The highest BCUT2D eigenvalue weighted by molar-refractivity contribution is 5.35. The molecule has 1 saturated heterocycles. The number of hydrogen-bond acceptors (Lipinski definition) is 3. The Morgan fingerprint density at radius 1 is 1.33 bits per heavy atom. The van der Waals surface area contributed by atoms with Crippen LogP contribution in [0.5, 0.6) is 0 Å². The maximum Gasteiger partial charge on any atom is 0.0641 e. The molecule has 2 rings (SSSR count). The molecule has 1 N–H and O–H groups in total. The quantitative estimate of drug-likeness (QED) is 0.884. The first-order valence-electron chi connectivity index (χ1n) is 6.62. The van der Waals surface area contributed by atoms with Crippen LogP contribution in [0.25, 0.3) is 0 Å². The van der Waals surface area contributed by atoms with Crippen LogP contribution in [-0.4, -0.2) is 31.1 Å². The molecular formula is C15H21N3. The lowest BCUT2D eigenvalue weighted by Gasteiger charge is -2.35. The van der Waals surface area contributed by atoms with Gasteiger partial charge in [-0.1, -0.05) is 18.2 Å². The number of aryl methyl sites for hydroxylation is 1. The molecule has 0 spiro atoms. The van der Waals surface area contributed by atoms with Gasteiger partial charge in [0.05, 0.1) is 12.5 Å². The number of benzene rings is 1. The normalized spacial score (nSPS) is 18.3. The molecule has 18 heavy (non-hydrogen) atoms. The maximum atomic E-state index is 9.10. The van der Waals surface area contributed by atoms with Gasteiger partial charge < -0.3 is 5.32 Å². The lowest BCUT2D eigenvalue weighted by molar-refractivity contribution is 0.175. The molecule has 0 aliphatic carbocycles. The van der Waals surface area contributed by atoms with Gasteiger partial charge in [-0.3, -0.25) is 4.90 Å². The minimum Gasteiger partial charge on any atom is -0.314 e. The standard InChI is InChI=1S/C15H21N3/c1-12-4-3-5-14(13(12)2)15(6-7-16)18-10-8-17-9-11-18/h3-5,15,17H,6,8-11H2,1-2H3/t15-/m0/s1. The zero-order valence-corrected chi connectivity index (χ0v) is 11.2. The van der Waals surface area contributed by atoms with Crippen LogP contribution in [0.15, 0.2) is 18.2 Å². The van der Waals surface area contributed by atoms with Crippen molar-refractivity contribution in [3.8, 4) is 6.07 Å². The van der Waals surface area contributed by atoms with E-state index in [1.165, 1.54) is 16.7 Å². The SMILES string of the molecule is Cc1cccc([C@H](CC#N)N2CCNCC2)c1C. The summed E-state index contributed by atoms with van der Waals surface area (Å²) in [6.07, 6.45) is 0.574. The van der Waals surface area contributed by atoms with Gasteiger partial charge in [-0.25, -0.2) is 0 Å². The van der Waals surface area contributed by atoms with Gasteiger partial charge in [0.25, 0.3) is 0 Å². The molecule has 0 aromatic heterocycles. The van der Waals surface area contributed by atoms with E-state index in [9.17, 15) is 0 Å². The molecule has 0 saturated carbocycles. The average Bonchev–Trinajstić information content (AvgIpc) is 2.41. The summed E-state index contributed by atoms with van der Waals surface area (Å²) < 4.78 is 0. The Morgan fingerprint density at radius 3 is 2.72 bits per heavy atom. The molecule has 0 amide bonds. The van der Waals surface area contributed by atoms with Crippen molar-refractivity contribution in [3.63, 3.8) is 0 Å². The largest absolute Gasteiger partial charge is 0.314 e. The Hall–Kier alpha value is -1.37.